The number of Topliss-reactive ketones (excluding diaryl/α,β-unsaturated/α-hetero) is 1. The van der Waals surface area contributed by atoms with E-state index >= 15 is 0 Å². The predicted octanol–water partition coefficient (Wildman–Crippen LogP) is 4.23. The lowest BCUT2D eigenvalue weighted by Gasteiger charge is -2.34. The van der Waals surface area contributed by atoms with E-state index < -0.39 is 0 Å². The number of nitrogens with zero attached hydrogens (tertiary/aromatic N) is 1. The van der Waals surface area contributed by atoms with E-state index in [1.165, 1.54) is 23.4 Å². The number of hydrogen-bond acceptors (Lipinski definition) is 2. The summed E-state index contributed by atoms with van der Waals surface area (Å²) in [5.74, 6) is -0.110. The van der Waals surface area contributed by atoms with E-state index in [1.807, 2.05) is 6.07 Å². The maximum Gasteiger partial charge on any atom is 0.166 e. The van der Waals surface area contributed by atoms with Gasteiger partial charge in [0.1, 0.15) is 5.82 Å². The van der Waals surface area contributed by atoms with Crippen LogP contribution < -0.4 is 4.90 Å². The number of aryl methyl sites for hydroxylation is 1. The maximum atomic E-state index is 13.0. The zero-order valence-corrected chi connectivity index (χ0v) is 12.8. The summed E-state index contributed by atoms with van der Waals surface area (Å²) >= 11 is 0. The molecule has 0 aliphatic carbocycles. The topological polar surface area (TPSA) is 20.3 Å². The standard InChI is InChI=1S/C19H20FNO/c1-14-4-2-3-5-18(14)21-12-10-16(11-13-21)19(22)15-6-8-17(20)9-7-15/h2-9,16H,10-13H2,1H3. The average molecular weight is 297 g/mol. The molecule has 1 aliphatic rings. The number of halogens is 1. The lowest BCUT2D eigenvalue weighted by Crippen LogP contribution is -2.36. The number of anilines is 1. The molecule has 1 heterocycles. The lowest BCUT2D eigenvalue weighted by atomic mass is 9.88. The summed E-state index contributed by atoms with van der Waals surface area (Å²) in [7, 11) is 0. The van der Waals surface area contributed by atoms with Crippen molar-refractivity contribution < 1.29 is 9.18 Å². The Bertz CT molecular complexity index is 657. The van der Waals surface area contributed by atoms with Crippen molar-refractivity contribution in [3.05, 3.63) is 65.5 Å². The molecule has 2 aromatic carbocycles. The van der Waals surface area contributed by atoms with Gasteiger partial charge in [-0.05, 0) is 55.7 Å². The number of para-hydroxylation sites is 1. The van der Waals surface area contributed by atoms with Crippen molar-refractivity contribution >= 4 is 11.5 Å². The highest BCUT2D eigenvalue weighted by Gasteiger charge is 2.26. The fraction of sp³-hybridized carbons (Fsp3) is 0.316. The zero-order valence-electron chi connectivity index (χ0n) is 12.8. The van der Waals surface area contributed by atoms with E-state index in [1.54, 1.807) is 12.1 Å². The van der Waals surface area contributed by atoms with Crippen molar-refractivity contribution in [1.82, 2.24) is 0 Å². The van der Waals surface area contributed by atoms with Gasteiger partial charge in [0.05, 0.1) is 0 Å². The van der Waals surface area contributed by atoms with Crippen molar-refractivity contribution in [2.75, 3.05) is 18.0 Å². The summed E-state index contributed by atoms with van der Waals surface area (Å²) in [6, 6.07) is 14.2. The lowest BCUT2D eigenvalue weighted by molar-refractivity contribution is 0.0900. The molecular weight excluding hydrogens is 277 g/mol. The van der Waals surface area contributed by atoms with Gasteiger partial charge >= 0.3 is 0 Å². The summed E-state index contributed by atoms with van der Waals surface area (Å²) in [6.07, 6.45) is 1.70. The summed E-state index contributed by atoms with van der Waals surface area (Å²) in [5.41, 5.74) is 3.15. The van der Waals surface area contributed by atoms with E-state index in [9.17, 15) is 9.18 Å². The molecule has 0 radical (unpaired) electrons. The van der Waals surface area contributed by atoms with E-state index in [0.717, 1.165) is 25.9 Å². The number of piperidine rings is 1. The summed E-state index contributed by atoms with van der Waals surface area (Å²) in [4.78, 5) is 14.8. The Morgan fingerprint density at radius 1 is 1.05 bits per heavy atom. The minimum atomic E-state index is -0.300. The molecule has 0 N–H and O–H groups in total. The Hall–Kier alpha value is -2.16. The molecule has 0 amide bonds. The second-order valence-corrected chi connectivity index (χ2v) is 5.92. The normalized spacial score (nSPS) is 15.8. The van der Waals surface area contributed by atoms with Gasteiger partial charge < -0.3 is 4.90 Å². The Morgan fingerprint density at radius 3 is 2.32 bits per heavy atom. The highest BCUT2D eigenvalue weighted by atomic mass is 19.1. The van der Waals surface area contributed by atoms with Gasteiger partial charge in [0.25, 0.3) is 0 Å². The van der Waals surface area contributed by atoms with Crippen LogP contribution in [0.25, 0.3) is 0 Å². The van der Waals surface area contributed by atoms with Gasteiger partial charge in [-0.25, -0.2) is 4.39 Å². The van der Waals surface area contributed by atoms with Crippen LogP contribution in [0.4, 0.5) is 10.1 Å². The second kappa shape index (κ2) is 6.30. The van der Waals surface area contributed by atoms with Crippen molar-refractivity contribution in [2.45, 2.75) is 19.8 Å². The highest BCUT2D eigenvalue weighted by Crippen LogP contribution is 2.27. The molecule has 1 saturated heterocycles. The van der Waals surface area contributed by atoms with Gasteiger partial charge in [0.2, 0.25) is 0 Å². The monoisotopic (exact) mass is 297 g/mol. The molecule has 3 heteroatoms. The third kappa shape index (κ3) is 3.03. The van der Waals surface area contributed by atoms with Gasteiger partial charge in [-0.3, -0.25) is 4.79 Å². The van der Waals surface area contributed by atoms with Crippen molar-refractivity contribution in [2.24, 2.45) is 5.92 Å². The average Bonchev–Trinajstić information content (AvgIpc) is 2.56. The molecule has 0 aromatic heterocycles. The van der Waals surface area contributed by atoms with Crippen LogP contribution in [0.2, 0.25) is 0 Å². The molecule has 0 spiro atoms. The van der Waals surface area contributed by atoms with Crippen LogP contribution in [0, 0.1) is 18.7 Å². The van der Waals surface area contributed by atoms with E-state index in [4.69, 9.17) is 0 Å². The molecule has 2 nitrogen and oxygen atoms in total. The van der Waals surface area contributed by atoms with E-state index in [2.05, 4.69) is 30.0 Å². The Labute approximate surface area is 130 Å². The maximum absolute atomic E-state index is 13.0. The van der Waals surface area contributed by atoms with E-state index in [0.29, 0.717) is 5.56 Å². The Balaban J connectivity index is 1.65. The van der Waals surface area contributed by atoms with Crippen LogP contribution in [0.5, 0.6) is 0 Å². The second-order valence-electron chi connectivity index (χ2n) is 5.92. The first-order chi connectivity index (χ1) is 10.6. The summed E-state index contributed by atoms with van der Waals surface area (Å²) in [5, 5.41) is 0. The minimum Gasteiger partial charge on any atom is -0.371 e. The number of benzene rings is 2. The van der Waals surface area contributed by atoms with Crippen LogP contribution in [-0.4, -0.2) is 18.9 Å². The Kier molecular flexibility index (Phi) is 4.23. The quantitative estimate of drug-likeness (QED) is 0.790. The largest absolute Gasteiger partial charge is 0.371 e. The van der Waals surface area contributed by atoms with Gasteiger partial charge in [-0.2, -0.15) is 0 Å². The van der Waals surface area contributed by atoms with Crippen molar-refractivity contribution in [3.8, 4) is 0 Å². The molecule has 1 fully saturated rings. The fourth-order valence-electron chi connectivity index (χ4n) is 3.15. The summed E-state index contributed by atoms with van der Waals surface area (Å²) < 4.78 is 13.0. The van der Waals surface area contributed by atoms with Gasteiger partial charge in [-0.1, -0.05) is 18.2 Å². The molecule has 0 saturated carbocycles. The molecule has 114 valence electrons. The SMILES string of the molecule is Cc1ccccc1N1CCC(C(=O)c2ccc(F)cc2)CC1. The van der Waals surface area contributed by atoms with Crippen LogP contribution in [0.3, 0.4) is 0 Å². The Morgan fingerprint density at radius 2 is 1.68 bits per heavy atom. The smallest absolute Gasteiger partial charge is 0.166 e. The summed E-state index contributed by atoms with van der Waals surface area (Å²) in [6.45, 7) is 3.90. The zero-order chi connectivity index (χ0) is 15.5. The molecule has 0 atom stereocenters. The predicted molar refractivity (Wildman–Crippen MR) is 86.8 cm³/mol. The highest BCUT2D eigenvalue weighted by molar-refractivity contribution is 5.98. The molecular formula is C19H20FNO. The van der Waals surface area contributed by atoms with Crippen LogP contribution >= 0.6 is 0 Å². The third-order valence-corrected chi connectivity index (χ3v) is 4.45. The fourth-order valence-corrected chi connectivity index (χ4v) is 3.15. The molecule has 1 aliphatic heterocycles. The molecule has 0 bridgehead atoms. The van der Waals surface area contributed by atoms with Gasteiger partial charge in [0.15, 0.2) is 5.78 Å². The number of rotatable bonds is 3. The van der Waals surface area contributed by atoms with Gasteiger partial charge in [-0.15, -0.1) is 0 Å². The molecule has 2 aromatic rings. The molecule has 0 unspecified atom stereocenters. The van der Waals surface area contributed by atoms with Crippen LogP contribution in [0.15, 0.2) is 48.5 Å². The van der Waals surface area contributed by atoms with Crippen molar-refractivity contribution in [1.29, 1.82) is 0 Å². The first-order valence-corrected chi connectivity index (χ1v) is 7.75. The minimum absolute atomic E-state index is 0.0470. The third-order valence-electron chi connectivity index (χ3n) is 4.45. The molecule has 22 heavy (non-hydrogen) atoms. The van der Waals surface area contributed by atoms with Crippen LogP contribution in [0.1, 0.15) is 28.8 Å². The molecule has 3 rings (SSSR count). The number of carbonyl (C=O) groups is 1. The first kappa shape index (κ1) is 14.8. The first-order valence-electron chi connectivity index (χ1n) is 7.75. The number of hydrogen-bond donors (Lipinski definition) is 0. The van der Waals surface area contributed by atoms with E-state index in [-0.39, 0.29) is 17.5 Å². The number of ketones is 1. The number of carbonyl (C=O) groups excluding carboxylic acids is 1. The van der Waals surface area contributed by atoms with Crippen LogP contribution in [-0.2, 0) is 0 Å². The van der Waals surface area contributed by atoms with Crippen molar-refractivity contribution in [3.63, 3.8) is 0 Å². The van der Waals surface area contributed by atoms with Gasteiger partial charge in [0, 0.05) is 30.3 Å².